The van der Waals surface area contributed by atoms with Crippen LogP contribution in [-0.2, 0) is 6.42 Å². The first-order valence-corrected chi connectivity index (χ1v) is 4.91. The molecule has 0 aliphatic carbocycles. The number of hydrogen-bond acceptors (Lipinski definition) is 1. The molecule has 0 heterocycles. The molecule has 0 atom stereocenters. The highest BCUT2D eigenvalue weighted by molar-refractivity contribution is 9.10. The van der Waals surface area contributed by atoms with Gasteiger partial charge in [-0.3, -0.25) is 0 Å². The molecule has 1 nitrogen and oxygen atoms in total. The van der Waals surface area contributed by atoms with Crippen molar-refractivity contribution in [1.82, 2.24) is 0 Å². The van der Waals surface area contributed by atoms with E-state index in [2.05, 4.69) is 28.1 Å². The van der Waals surface area contributed by atoms with Crippen molar-refractivity contribution in [3.05, 3.63) is 34.3 Å². The largest absolute Gasteiger partial charge is 0.393 e. The van der Waals surface area contributed by atoms with Gasteiger partial charge < -0.3 is 5.73 Å². The predicted molar refractivity (Wildman–Crippen MR) is 59.2 cm³/mol. The lowest BCUT2D eigenvalue weighted by Gasteiger charge is -1.99. The molecule has 0 spiro atoms. The van der Waals surface area contributed by atoms with Crippen LogP contribution in [0.25, 0.3) is 0 Å². The third-order valence-corrected chi connectivity index (χ3v) is 2.31. The highest BCUT2D eigenvalue weighted by Gasteiger charge is 1.94. The monoisotopic (exact) mass is 243 g/mol. The summed E-state index contributed by atoms with van der Waals surface area (Å²) in [4.78, 5) is 0.581. The van der Waals surface area contributed by atoms with Crippen molar-refractivity contribution < 1.29 is 0 Å². The third-order valence-electron chi connectivity index (χ3n) is 1.57. The number of benzene rings is 1. The van der Waals surface area contributed by atoms with Crippen LogP contribution in [0.2, 0.25) is 0 Å². The molecular formula is C9H10BrNS. The Hall–Kier alpha value is -0.410. The van der Waals surface area contributed by atoms with Crippen LogP contribution in [0.4, 0.5) is 0 Å². The average molecular weight is 244 g/mol. The summed E-state index contributed by atoms with van der Waals surface area (Å²) in [7, 11) is 0. The number of thiocarbonyl (C=S) groups is 1. The minimum absolute atomic E-state index is 0.581. The van der Waals surface area contributed by atoms with Gasteiger partial charge in [0.05, 0.1) is 4.99 Å². The summed E-state index contributed by atoms with van der Waals surface area (Å²) in [5.74, 6) is 0. The minimum Gasteiger partial charge on any atom is -0.393 e. The molecule has 2 N–H and O–H groups in total. The van der Waals surface area contributed by atoms with Gasteiger partial charge in [0.2, 0.25) is 0 Å². The fourth-order valence-electron chi connectivity index (χ4n) is 0.919. The van der Waals surface area contributed by atoms with Gasteiger partial charge in [-0.1, -0.05) is 40.3 Å². The van der Waals surface area contributed by atoms with Gasteiger partial charge >= 0.3 is 0 Å². The Morgan fingerprint density at radius 3 is 2.42 bits per heavy atom. The van der Waals surface area contributed by atoms with Crippen LogP contribution < -0.4 is 5.73 Å². The Morgan fingerprint density at radius 1 is 1.33 bits per heavy atom. The van der Waals surface area contributed by atoms with Crippen molar-refractivity contribution in [2.75, 3.05) is 0 Å². The van der Waals surface area contributed by atoms with Crippen LogP contribution >= 0.6 is 28.1 Å². The number of rotatable bonds is 3. The summed E-state index contributed by atoms with van der Waals surface area (Å²) < 4.78 is 1.10. The van der Waals surface area contributed by atoms with Crippen molar-refractivity contribution >= 4 is 33.1 Å². The summed E-state index contributed by atoms with van der Waals surface area (Å²) in [6.07, 6.45) is 1.72. The molecule has 0 radical (unpaired) electrons. The lowest BCUT2D eigenvalue weighted by molar-refractivity contribution is 1.04. The molecule has 0 fully saturated rings. The maximum absolute atomic E-state index is 5.39. The van der Waals surface area contributed by atoms with Gasteiger partial charge in [-0.05, 0) is 24.1 Å². The zero-order chi connectivity index (χ0) is 8.97. The number of aryl methyl sites for hydroxylation is 1. The normalized spacial score (nSPS) is 9.75. The fourth-order valence-corrected chi connectivity index (χ4v) is 1.29. The van der Waals surface area contributed by atoms with E-state index in [9.17, 15) is 0 Å². The second-order valence-electron chi connectivity index (χ2n) is 2.59. The zero-order valence-corrected chi connectivity index (χ0v) is 8.99. The van der Waals surface area contributed by atoms with Crippen molar-refractivity contribution in [3.63, 3.8) is 0 Å². The molecule has 0 aliphatic rings. The molecule has 1 aromatic carbocycles. The van der Waals surface area contributed by atoms with Crippen LogP contribution in [0.5, 0.6) is 0 Å². The van der Waals surface area contributed by atoms with E-state index in [-0.39, 0.29) is 0 Å². The molecule has 1 rings (SSSR count). The van der Waals surface area contributed by atoms with Crippen molar-refractivity contribution in [1.29, 1.82) is 0 Å². The smallest absolute Gasteiger partial charge is 0.0730 e. The number of hydrogen-bond donors (Lipinski definition) is 1. The van der Waals surface area contributed by atoms with E-state index in [0.717, 1.165) is 17.3 Å². The lowest BCUT2D eigenvalue weighted by atomic mass is 10.1. The van der Waals surface area contributed by atoms with E-state index in [0.29, 0.717) is 4.99 Å². The van der Waals surface area contributed by atoms with Gasteiger partial charge in [0, 0.05) is 10.9 Å². The second kappa shape index (κ2) is 4.58. The topological polar surface area (TPSA) is 26.0 Å². The molecule has 0 bridgehead atoms. The first-order valence-electron chi connectivity index (χ1n) is 3.71. The Balaban J connectivity index is 2.53. The number of halogens is 1. The summed E-state index contributed by atoms with van der Waals surface area (Å²) in [6, 6.07) is 8.19. The van der Waals surface area contributed by atoms with E-state index >= 15 is 0 Å². The third kappa shape index (κ3) is 3.32. The van der Waals surface area contributed by atoms with Gasteiger partial charge in [0.15, 0.2) is 0 Å². The maximum Gasteiger partial charge on any atom is 0.0730 e. The van der Waals surface area contributed by atoms with Gasteiger partial charge in [-0.2, -0.15) is 0 Å². The van der Waals surface area contributed by atoms with E-state index in [1.165, 1.54) is 5.56 Å². The Bertz CT molecular complexity index is 268. The standard InChI is InChI=1S/C9H10BrNS/c10-8-4-1-7(2-5-8)3-6-9(11)12/h1-2,4-5H,3,6H2,(H2,11,12). The highest BCUT2D eigenvalue weighted by atomic mass is 79.9. The van der Waals surface area contributed by atoms with E-state index in [1.807, 2.05) is 12.1 Å². The zero-order valence-electron chi connectivity index (χ0n) is 6.59. The Morgan fingerprint density at radius 2 is 1.92 bits per heavy atom. The van der Waals surface area contributed by atoms with Crippen molar-refractivity contribution in [2.45, 2.75) is 12.8 Å². The maximum atomic E-state index is 5.39. The predicted octanol–water partition coefficient (Wildman–Crippen LogP) is 2.67. The van der Waals surface area contributed by atoms with E-state index in [4.69, 9.17) is 18.0 Å². The molecular weight excluding hydrogens is 234 g/mol. The molecule has 12 heavy (non-hydrogen) atoms. The van der Waals surface area contributed by atoms with Gasteiger partial charge in [0.1, 0.15) is 0 Å². The van der Waals surface area contributed by atoms with Gasteiger partial charge in [0.25, 0.3) is 0 Å². The highest BCUT2D eigenvalue weighted by Crippen LogP contribution is 2.11. The van der Waals surface area contributed by atoms with Crippen LogP contribution in [0.1, 0.15) is 12.0 Å². The van der Waals surface area contributed by atoms with Crippen molar-refractivity contribution in [3.8, 4) is 0 Å². The molecule has 0 unspecified atom stereocenters. The van der Waals surface area contributed by atoms with Crippen LogP contribution in [0, 0.1) is 0 Å². The second-order valence-corrected chi connectivity index (χ2v) is 4.03. The molecule has 64 valence electrons. The molecule has 0 amide bonds. The summed E-state index contributed by atoms with van der Waals surface area (Å²) in [5.41, 5.74) is 6.66. The molecule has 0 aliphatic heterocycles. The van der Waals surface area contributed by atoms with Gasteiger partial charge in [-0.25, -0.2) is 0 Å². The minimum atomic E-state index is 0.581. The lowest BCUT2D eigenvalue weighted by Crippen LogP contribution is -2.08. The van der Waals surface area contributed by atoms with E-state index < -0.39 is 0 Å². The molecule has 0 saturated carbocycles. The van der Waals surface area contributed by atoms with Crippen LogP contribution in [0.3, 0.4) is 0 Å². The van der Waals surface area contributed by atoms with E-state index in [1.54, 1.807) is 0 Å². The summed E-state index contributed by atoms with van der Waals surface area (Å²) >= 11 is 8.16. The van der Waals surface area contributed by atoms with Crippen LogP contribution in [0.15, 0.2) is 28.7 Å². The molecule has 0 aromatic heterocycles. The van der Waals surface area contributed by atoms with Gasteiger partial charge in [-0.15, -0.1) is 0 Å². The molecule has 1 aromatic rings. The Kier molecular flexibility index (Phi) is 3.69. The summed E-state index contributed by atoms with van der Waals surface area (Å²) in [5, 5.41) is 0. The van der Waals surface area contributed by atoms with Crippen molar-refractivity contribution in [2.24, 2.45) is 5.73 Å². The SMILES string of the molecule is NC(=S)CCc1ccc(Br)cc1. The quantitative estimate of drug-likeness (QED) is 0.827. The average Bonchev–Trinajstić information content (AvgIpc) is 2.03. The van der Waals surface area contributed by atoms with Crippen LogP contribution in [-0.4, -0.2) is 4.99 Å². The first-order chi connectivity index (χ1) is 5.68. The summed E-state index contributed by atoms with van der Waals surface area (Å²) in [6.45, 7) is 0. The number of nitrogens with two attached hydrogens (primary N) is 1. The molecule has 3 heteroatoms. The first kappa shape index (κ1) is 9.68. The molecule has 0 saturated heterocycles. The Labute approximate surface area is 86.1 Å². The fraction of sp³-hybridized carbons (Fsp3) is 0.222.